The smallest absolute Gasteiger partial charge is 0.166 e. The van der Waals surface area contributed by atoms with Crippen molar-refractivity contribution in [1.29, 1.82) is 0 Å². The molecule has 0 saturated heterocycles. The zero-order valence-electron chi connectivity index (χ0n) is 14.7. The van der Waals surface area contributed by atoms with Gasteiger partial charge < -0.3 is 19.9 Å². The summed E-state index contributed by atoms with van der Waals surface area (Å²) in [5.74, 6) is 1.48. The van der Waals surface area contributed by atoms with Crippen LogP contribution in [0.3, 0.4) is 0 Å². The lowest BCUT2D eigenvalue weighted by molar-refractivity contribution is 0.236. The maximum atomic E-state index is 9.34. The van der Waals surface area contributed by atoms with Gasteiger partial charge in [-0.25, -0.2) is 0 Å². The van der Waals surface area contributed by atoms with Crippen LogP contribution in [0.25, 0.3) is 0 Å². The fourth-order valence-corrected chi connectivity index (χ4v) is 2.54. The van der Waals surface area contributed by atoms with E-state index in [0.717, 1.165) is 29.0 Å². The van der Waals surface area contributed by atoms with Crippen LogP contribution in [0, 0.1) is 6.92 Å². The molecule has 2 rings (SSSR count). The van der Waals surface area contributed by atoms with E-state index in [2.05, 4.69) is 31.3 Å². The third-order valence-electron chi connectivity index (χ3n) is 4.21. The molecule has 0 bridgehead atoms. The number of hydrogen-bond acceptors (Lipinski definition) is 4. The molecule has 0 heterocycles. The summed E-state index contributed by atoms with van der Waals surface area (Å²) in [5, 5.41) is 12.7. The predicted octanol–water partition coefficient (Wildman–Crippen LogP) is 3.44. The Bertz CT molecular complexity index is 639. The van der Waals surface area contributed by atoms with Crippen LogP contribution in [-0.4, -0.2) is 24.9 Å². The van der Waals surface area contributed by atoms with Crippen LogP contribution in [-0.2, 0) is 13.2 Å². The zero-order chi connectivity index (χ0) is 17.4. The summed E-state index contributed by atoms with van der Waals surface area (Å²) in [5.41, 5.74) is 3.39. The first-order valence-corrected chi connectivity index (χ1v) is 8.37. The van der Waals surface area contributed by atoms with E-state index in [1.54, 1.807) is 7.11 Å². The second-order valence-corrected chi connectivity index (χ2v) is 5.83. The summed E-state index contributed by atoms with van der Waals surface area (Å²) in [6.45, 7) is 5.38. The van der Waals surface area contributed by atoms with Gasteiger partial charge in [0.05, 0.1) is 13.7 Å². The number of hydrogen-bond donors (Lipinski definition) is 2. The minimum atomic E-state index is 0.0837. The fourth-order valence-electron chi connectivity index (χ4n) is 2.54. The van der Waals surface area contributed by atoms with Crippen LogP contribution < -0.4 is 14.8 Å². The molecular weight excluding hydrogens is 302 g/mol. The van der Waals surface area contributed by atoms with Crippen LogP contribution in [0.1, 0.15) is 30.0 Å². The minimum Gasteiger partial charge on any atom is -0.493 e. The first-order chi connectivity index (χ1) is 11.7. The molecule has 1 atom stereocenters. The van der Waals surface area contributed by atoms with Gasteiger partial charge in [0.25, 0.3) is 0 Å². The molecule has 0 amide bonds. The van der Waals surface area contributed by atoms with Crippen molar-refractivity contribution in [2.45, 2.75) is 39.5 Å². The van der Waals surface area contributed by atoms with E-state index in [1.165, 1.54) is 5.56 Å². The van der Waals surface area contributed by atoms with E-state index in [0.29, 0.717) is 13.2 Å². The average molecular weight is 329 g/mol. The van der Waals surface area contributed by atoms with Gasteiger partial charge in [-0.05, 0) is 30.5 Å². The fraction of sp³-hybridized carbons (Fsp3) is 0.400. The van der Waals surface area contributed by atoms with Crippen molar-refractivity contribution in [3.8, 4) is 11.5 Å². The maximum Gasteiger partial charge on any atom is 0.166 e. The van der Waals surface area contributed by atoms with Gasteiger partial charge in [0.15, 0.2) is 11.5 Å². The molecule has 24 heavy (non-hydrogen) atoms. The van der Waals surface area contributed by atoms with E-state index in [-0.39, 0.29) is 12.6 Å². The second kappa shape index (κ2) is 9.30. The number of aliphatic hydroxyl groups is 1. The quantitative estimate of drug-likeness (QED) is 0.740. The first-order valence-electron chi connectivity index (χ1n) is 8.37. The number of aryl methyl sites for hydroxylation is 1. The molecule has 130 valence electrons. The molecule has 0 saturated carbocycles. The Kier molecular flexibility index (Phi) is 7.09. The number of rotatable bonds is 9. The van der Waals surface area contributed by atoms with Crippen molar-refractivity contribution in [1.82, 2.24) is 5.32 Å². The highest BCUT2D eigenvalue weighted by Crippen LogP contribution is 2.32. The third-order valence-corrected chi connectivity index (χ3v) is 4.21. The Morgan fingerprint density at radius 3 is 2.50 bits per heavy atom. The van der Waals surface area contributed by atoms with Gasteiger partial charge in [-0.15, -0.1) is 0 Å². The molecule has 0 spiro atoms. The van der Waals surface area contributed by atoms with Crippen molar-refractivity contribution in [3.63, 3.8) is 0 Å². The molecule has 0 aliphatic rings. The van der Waals surface area contributed by atoms with Crippen LogP contribution in [0.2, 0.25) is 0 Å². The lowest BCUT2D eigenvalue weighted by Crippen LogP contribution is -2.31. The Labute approximate surface area is 144 Å². The molecule has 4 heteroatoms. The zero-order valence-corrected chi connectivity index (χ0v) is 14.7. The van der Waals surface area contributed by atoms with Gasteiger partial charge in [0.2, 0.25) is 0 Å². The molecule has 0 unspecified atom stereocenters. The molecular formula is C20H27NO3. The summed E-state index contributed by atoms with van der Waals surface area (Å²) >= 11 is 0. The molecule has 2 aromatic carbocycles. The number of benzene rings is 2. The summed E-state index contributed by atoms with van der Waals surface area (Å²) in [6, 6.07) is 14.2. The summed E-state index contributed by atoms with van der Waals surface area (Å²) in [4.78, 5) is 0. The molecule has 0 aromatic heterocycles. The number of para-hydroxylation sites is 1. The first kappa shape index (κ1) is 18.3. The molecule has 4 nitrogen and oxygen atoms in total. The Hall–Kier alpha value is -2.04. The van der Waals surface area contributed by atoms with Gasteiger partial charge in [-0.3, -0.25) is 0 Å². The highest BCUT2D eigenvalue weighted by molar-refractivity contribution is 5.47. The Balaban J connectivity index is 2.15. The number of aliphatic hydroxyl groups excluding tert-OH is 1. The molecule has 2 N–H and O–H groups in total. The van der Waals surface area contributed by atoms with Crippen LogP contribution in [0.5, 0.6) is 11.5 Å². The monoisotopic (exact) mass is 329 g/mol. The lowest BCUT2D eigenvalue weighted by atomic mass is 10.1. The van der Waals surface area contributed by atoms with Crippen LogP contribution in [0.4, 0.5) is 0 Å². The van der Waals surface area contributed by atoms with Gasteiger partial charge in [0, 0.05) is 18.2 Å². The van der Waals surface area contributed by atoms with Crippen molar-refractivity contribution in [3.05, 3.63) is 59.2 Å². The van der Waals surface area contributed by atoms with Crippen molar-refractivity contribution in [2.75, 3.05) is 13.7 Å². The third kappa shape index (κ3) is 4.73. The Morgan fingerprint density at radius 2 is 1.83 bits per heavy atom. The molecule has 0 fully saturated rings. The summed E-state index contributed by atoms with van der Waals surface area (Å²) in [6.07, 6.45) is 0.875. The normalized spacial score (nSPS) is 12.0. The van der Waals surface area contributed by atoms with E-state index in [4.69, 9.17) is 9.47 Å². The van der Waals surface area contributed by atoms with Gasteiger partial charge in [-0.1, -0.05) is 43.3 Å². The number of ether oxygens (including phenoxy) is 2. The topological polar surface area (TPSA) is 50.7 Å². The van der Waals surface area contributed by atoms with Gasteiger partial charge >= 0.3 is 0 Å². The molecule has 0 radical (unpaired) electrons. The minimum absolute atomic E-state index is 0.0837. The highest BCUT2D eigenvalue weighted by atomic mass is 16.5. The molecule has 2 aromatic rings. The summed E-state index contributed by atoms with van der Waals surface area (Å²) < 4.78 is 11.6. The predicted molar refractivity (Wildman–Crippen MR) is 96.5 cm³/mol. The van der Waals surface area contributed by atoms with Gasteiger partial charge in [-0.2, -0.15) is 0 Å². The summed E-state index contributed by atoms with van der Waals surface area (Å²) in [7, 11) is 1.65. The standard InChI is InChI=1S/C20H27NO3/c1-4-18(13-22)21-12-16-10-7-11-19(23-3)20(16)24-14-17-9-6-5-8-15(17)2/h5-11,18,21-22H,4,12-14H2,1-3H3/t18-/m0/s1. The van der Waals surface area contributed by atoms with Crippen molar-refractivity contribution >= 4 is 0 Å². The number of nitrogens with one attached hydrogen (secondary N) is 1. The van der Waals surface area contributed by atoms with E-state index >= 15 is 0 Å². The van der Waals surface area contributed by atoms with Crippen LogP contribution >= 0.6 is 0 Å². The molecule has 0 aliphatic heterocycles. The Morgan fingerprint density at radius 1 is 1.08 bits per heavy atom. The lowest BCUT2D eigenvalue weighted by Gasteiger charge is -2.18. The molecule has 0 aliphatic carbocycles. The van der Waals surface area contributed by atoms with Crippen molar-refractivity contribution < 1.29 is 14.6 Å². The van der Waals surface area contributed by atoms with Gasteiger partial charge in [0.1, 0.15) is 6.61 Å². The highest BCUT2D eigenvalue weighted by Gasteiger charge is 2.13. The largest absolute Gasteiger partial charge is 0.493 e. The maximum absolute atomic E-state index is 9.34. The van der Waals surface area contributed by atoms with E-state index in [1.807, 2.05) is 30.3 Å². The van der Waals surface area contributed by atoms with Crippen molar-refractivity contribution in [2.24, 2.45) is 0 Å². The number of methoxy groups -OCH3 is 1. The van der Waals surface area contributed by atoms with E-state index in [9.17, 15) is 5.11 Å². The van der Waals surface area contributed by atoms with E-state index < -0.39 is 0 Å². The SMILES string of the molecule is CC[C@@H](CO)NCc1cccc(OC)c1OCc1ccccc1C. The van der Waals surface area contributed by atoms with Crippen LogP contribution in [0.15, 0.2) is 42.5 Å². The second-order valence-electron chi connectivity index (χ2n) is 5.83. The average Bonchev–Trinajstić information content (AvgIpc) is 2.62.